The lowest BCUT2D eigenvalue weighted by Crippen LogP contribution is -2.11. The Morgan fingerprint density at radius 3 is 2.47 bits per heavy atom. The molecule has 1 heteroatoms. The smallest absolute Gasteiger partial charge is 0.0982 e. The predicted octanol–water partition coefficient (Wildman–Crippen LogP) is 4.54. The lowest BCUT2D eigenvalue weighted by atomic mass is 9.97. The molecule has 0 aromatic heterocycles. The van der Waals surface area contributed by atoms with Crippen molar-refractivity contribution < 1.29 is 4.74 Å². The van der Waals surface area contributed by atoms with Crippen molar-refractivity contribution in [1.82, 2.24) is 0 Å². The topological polar surface area (TPSA) is 9.23 Å². The summed E-state index contributed by atoms with van der Waals surface area (Å²) in [5.41, 5.74) is 0.0906. The van der Waals surface area contributed by atoms with Crippen LogP contribution in [0.25, 0.3) is 0 Å². The first kappa shape index (κ1) is 14.2. The van der Waals surface area contributed by atoms with Crippen LogP contribution < -0.4 is 0 Å². The predicted molar refractivity (Wildman–Crippen MR) is 73.5 cm³/mol. The van der Waals surface area contributed by atoms with E-state index in [1.165, 1.54) is 25.7 Å². The van der Waals surface area contributed by atoms with Crippen LogP contribution in [0, 0.1) is 23.2 Å². The van der Waals surface area contributed by atoms with Crippen LogP contribution in [0.15, 0.2) is 12.3 Å². The monoisotopic (exact) mass is 234 g/mol. The Bertz CT molecular complexity index is 305. The van der Waals surface area contributed by atoms with Crippen LogP contribution in [-0.4, -0.2) is 6.10 Å². The largest absolute Gasteiger partial charge is 0.495 e. The first-order chi connectivity index (χ1) is 7.88. The molecule has 1 aliphatic rings. The highest BCUT2D eigenvalue weighted by Gasteiger charge is 2.18. The van der Waals surface area contributed by atoms with Gasteiger partial charge >= 0.3 is 0 Å². The zero-order valence-corrected chi connectivity index (χ0v) is 11.8. The van der Waals surface area contributed by atoms with Crippen LogP contribution in [0.5, 0.6) is 0 Å². The second kappa shape index (κ2) is 6.15. The van der Waals surface area contributed by atoms with E-state index in [-0.39, 0.29) is 5.41 Å². The fourth-order valence-electron chi connectivity index (χ4n) is 1.92. The minimum Gasteiger partial charge on any atom is -0.495 e. The Hall–Kier alpha value is -0.900. The van der Waals surface area contributed by atoms with Crippen LogP contribution in [-0.2, 0) is 4.74 Å². The van der Waals surface area contributed by atoms with Gasteiger partial charge in [0.15, 0.2) is 0 Å². The van der Waals surface area contributed by atoms with Gasteiger partial charge in [0, 0.05) is 17.8 Å². The molecule has 1 atom stereocenters. The van der Waals surface area contributed by atoms with E-state index in [1.807, 2.05) is 0 Å². The van der Waals surface area contributed by atoms with Crippen molar-refractivity contribution in [2.75, 3.05) is 0 Å². The van der Waals surface area contributed by atoms with Gasteiger partial charge in [-0.05, 0) is 46.5 Å². The van der Waals surface area contributed by atoms with Gasteiger partial charge in [0.2, 0.25) is 0 Å². The average Bonchev–Trinajstić information content (AvgIpc) is 2.68. The number of rotatable bonds is 4. The summed E-state index contributed by atoms with van der Waals surface area (Å²) in [4.78, 5) is 0. The highest BCUT2D eigenvalue weighted by molar-refractivity contribution is 5.09. The molecule has 96 valence electrons. The molecular weight excluding hydrogens is 208 g/mol. The van der Waals surface area contributed by atoms with Gasteiger partial charge in [-0.1, -0.05) is 19.4 Å². The summed E-state index contributed by atoms with van der Waals surface area (Å²) in [6.45, 7) is 12.6. The second-order valence-electron chi connectivity index (χ2n) is 6.15. The first-order valence-corrected chi connectivity index (χ1v) is 6.74. The molecule has 0 amide bonds. The second-order valence-corrected chi connectivity index (χ2v) is 6.15. The molecular formula is C16H26O. The maximum Gasteiger partial charge on any atom is 0.0982 e. The van der Waals surface area contributed by atoms with Crippen molar-refractivity contribution in [2.45, 2.75) is 65.9 Å². The zero-order chi connectivity index (χ0) is 12.9. The summed E-state index contributed by atoms with van der Waals surface area (Å²) >= 11 is 0. The number of hydrogen-bond donors (Lipinski definition) is 0. The molecule has 0 unspecified atom stereocenters. The third-order valence-electron chi connectivity index (χ3n) is 3.04. The number of hydrogen-bond acceptors (Lipinski definition) is 1. The highest BCUT2D eigenvalue weighted by Crippen LogP contribution is 2.26. The lowest BCUT2D eigenvalue weighted by Gasteiger charge is -2.19. The molecule has 0 aromatic rings. The van der Waals surface area contributed by atoms with Gasteiger partial charge in [-0.25, -0.2) is 0 Å². The fourth-order valence-corrected chi connectivity index (χ4v) is 1.92. The summed E-state index contributed by atoms with van der Waals surface area (Å²) in [5.74, 6) is 7.75. The minimum atomic E-state index is 0.0906. The zero-order valence-electron chi connectivity index (χ0n) is 11.8. The molecule has 0 heterocycles. The Balaban J connectivity index is 2.33. The lowest BCUT2D eigenvalue weighted by molar-refractivity contribution is 0.102. The van der Waals surface area contributed by atoms with Crippen molar-refractivity contribution in [1.29, 1.82) is 0 Å². The van der Waals surface area contributed by atoms with E-state index < -0.39 is 0 Å². The third-order valence-corrected chi connectivity index (χ3v) is 3.04. The molecule has 0 aliphatic heterocycles. The van der Waals surface area contributed by atoms with Crippen molar-refractivity contribution in [3.63, 3.8) is 0 Å². The van der Waals surface area contributed by atoms with Crippen molar-refractivity contribution >= 4 is 0 Å². The Morgan fingerprint density at radius 1 is 1.35 bits per heavy atom. The molecule has 0 spiro atoms. The maximum atomic E-state index is 5.89. The van der Waals surface area contributed by atoms with Gasteiger partial charge in [0.1, 0.15) is 0 Å². The fraction of sp³-hybridized carbons (Fsp3) is 0.750. The molecule has 17 heavy (non-hydrogen) atoms. The molecule has 1 fully saturated rings. The summed E-state index contributed by atoms with van der Waals surface area (Å²) in [6, 6.07) is 0. The molecule has 0 N–H and O–H groups in total. The van der Waals surface area contributed by atoms with E-state index in [4.69, 9.17) is 4.74 Å². The van der Waals surface area contributed by atoms with Gasteiger partial charge < -0.3 is 4.74 Å². The normalized spacial score (nSPS) is 18.4. The molecule has 1 nitrogen and oxygen atoms in total. The van der Waals surface area contributed by atoms with Gasteiger partial charge in [0.25, 0.3) is 0 Å². The molecule has 1 aliphatic carbocycles. The van der Waals surface area contributed by atoms with Gasteiger partial charge in [0.05, 0.1) is 11.9 Å². The van der Waals surface area contributed by atoms with Crippen LogP contribution in [0.4, 0.5) is 0 Å². The van der Waals surface area contributed by atoms with E-state index in [2.05, 4.69) is 46.1 Å². The number of ether oxygens (including phenoxy) is 1. The van der Waals surface area contributed by atoms with E-state index >= 15 is 0 Å². The van der Waals surface area contributed by atoms with E-state index in [9.17, 15) is 0 Å². The molecule has 0 bridgehead atoms. The van der Waals surface area contributed by atoms with E-state index in [0.717, 1.165) is 12.2 Å². The molecule has 0 aromatic carbocycles. The van der Waals surface area contributed by atoms with E-state index in [0.29, 0.717) is 12.0 Å². The quantitative estimate of drug-likeness (QED) is 0.513. The van der Waals surface area contributed by atoms with Crippen molar-refractivity contribution in [2.24, 2.45) is 11.3 Å². The molecule has 1 rings (SSSR count). The Labute approximate surface area is 107 Å². The SMILES string of the molecule is C=C(OC1CCCC1)[C@@H](C)CC#CC(C)(C)C. The van der Waals surface area contributed by atoms with Gasteiger partial charge in [-0.3, -0.25) is 0 Å². The highest BCUT2D eigenvalue weighted by atomic mass is 16.5. The van der Waals surface area contributed by atoms with Gasteiger partial charge in [-0.15, -0.1) is 5.92 Å². The standard InChI is InChI=1S/C16H26O/c1-13(9-8-12-16(3,4)5)14(2)17-15-10-6-7-11-15/h13,15H,2,6-7,9-11H2,1,3-5H3/t13-/m0/s1. The summed E-state index contributed by atoms with van der Waals surface area (Å²) in [5, 5.41) is 0. The molecule has 1 saturated carbocycles. The van der Waals surface area contributed by atoms with E-state index in [1.54, 1.807) is 0 Å². The van der Waals surface area contributed by atoms with Gasteiger partial charge in [-0.2, -0.15) is 0 Å². The summed E-state index contributed by atoms with van der Waals surface area (Å²) in [7, 11) is 0. The first-order valence-electron chi connectivity index (χ1n) is 6.74. The minimum absolute atomic E-state index is 0.0906. The van der Waals surface area contributed by atoms with Crippen LogP contribution in [0.2, 0.25) is 0 Å². The Morgan fingerprint density at radius 2 is 1.94 bits per heavy atom. The van der Waals surface area contributed by atoms with Crippen LogP contribution in [0.3, 0.4) is 0 Å². The van der Waals surface area contributed by atoms with Crippen molar-refractivity contribution in [3.05, 3.63) is 12.3 Å². The summed E-state index contributed by atoms with van der Waals surface area (Å²) in [6.07, 6.45) is 6.26. The Kier molecular flexibility index (Phi) is 5.12. The molecule has 0 saturated heterocycles. The van der Waals surface area contributed by atoms with Crippen LogP contribution in [0.1, 0.15) is 59.8 Å². The van der Waals surface area contributed by atoms with Crippen LogP contribution >= 0.6 is 0 Å². The average molecular weight is 234 g/mol. The number of allylic oxidation sites excluding steroid dienone is 1. The molecule has 0 radical (unpaired) electrons. The third kappa shape index (κ3) is 5.82. The summed E-state index contributed by atoms with van der Waals surface area (Å²) < 4.78 is 5.89. The maximum absolute atomic E-state index is 5.89. The van der Waals surface area contributed by atoms with Crippen molar-refractivity contribution in [3.8, 4) is 11.8 Å².